The van der Waals surface area contributed by atoms with Gasteiger partial charge in [0.2, 0.25) is 0 Å². The van der Waals surface area contributed by atoms with Crippen molar-refractivity contribution in [2.75, 3.05) is 13.2 Å². The maximum atomic E-state index is 12.9. The van der Waals surface area contributed by atoms with Gasteiger partial charge in [-0.15, -0.1) is 0 Å². The number of carbonyl (C=O) groups is 1. The third-order valence-corrected chi connectivity index (χ3v) is 5.36. The number of aromatic nitrogens is 2. The number of aliphatic hydroxyl groups is 1. The summed E-state index contributed by atoms with van der Waals surface area (Å²) in [6.45, 7) is 2.68. The molecule has 0 radical (unpaired) electrons. The van der Waals surface area contributed by atoms with Gasteiger partial charge in [0.25, 0.3) is 5.91 Å². The number of ether oxygens (including phenoxy) is 1. The lowest BCUT2D eigenvalue weighted by molar-refractivity contribution is 0.0829. The van der Waals surface area contributed by atoms with E-state index in [9.17, 15) is 9.90 Å². The zero-order valence-corrected chi connectivity index (χ0v) is 16.8. The number of benzene rings is 2. The van der Waals surface area contributed by atoms with E-state index in [4.69, 9.17) is 16.3 Å². The van der Waals surface area contributed by atoms with Crippen LogP contribution >= 0.6 is 11.6 Å². The summed E-state index contributed by atoms with van der Waals surface area (Å²) in [5.41, 5.74) is 1.72. The fraction of sp³-hybridized carbons (Fsp3) is 0.318. The molecule has 150 valence electrons. The number of carbonyl (C=O) groups excluding carboxylic acids is 1. The summed E-state index contributed by atoms with van der Waals surface area (Å²) in [5, 5.41) is 13.4. The Balaban J connectivity index is 1.69. The predicted octanol–water partition coefficient (Wildman–Crippen LogP) is 3.85. The Morgan fingerprint density at radius 2 is 1.97 bits per heavy atom. The quantitative estimate of drug-likeness (QED) is 0.643. The Hall–Kier alpha value is -2.70. The topological polar surface area (TPSA) is 84.3 Å². The van der Waals surface area contributed by atoms with Gasteiger partial charge >= 0.3 is 0 Å². The molecule has 29 heavy (non-hydrogen) atoms. The smallest absolute Gasteiger partial charge is 0.270 e. The van der Waals surface area contributed by atoms with Gasteiger partial charge in [-0.25, -0.2) is 9.97 Å². The zero-order valence-electron chi connectivity index (χ0n) is 16.1. The summed E-state index contributed by atoms with van der Waals surface area (Å²) in [5.74, 6) is 1.24. The van der Waals surface area contributed by atoms with E-state index in [0.717, 1.165) is 24.2 Å². The van der Waals surface area contributed by atoms with E-state index in [-0.39, 0.29) is 24.5 Å². The van der Waals surface area contributed by atoms with Crippen LogP contribution in [0.5, 0.6) is 5.75 Å². The molecule has 7 heteroatoms. The van der Waals surface area contributed by atoms with Gasteiger partial charge in [-0.1, -0.05) is 11.6 Å². The first-order valence-corrected chi connectivity index (χ1v) is 10.1. The van der Waals surface area contributed by atoms with Crippen molar-refractivity contribution < 1.29 is 14.6 Å². The van der Waals surface area contributed by atoms with Gasteiger partial charge in [-0.3, -0.25) is 4.79 Å². The molecule has 1 saturated carbocycles. The van der Waals surface area contributed by atoms with Crippen LogP contribution < -0.4 is 10.1 Å². The van der Waals surface area contributed by atoms with E-state index in [0.29, 0.717) is 34.1 Å². The highest BCUT2D eigenvalue weighted by Crippen LogP contribution is 2.29. The minimum atomic E-state index is -0.242. The number of amides is 1. The summed E-state index contributed by atoms with van der Waals surface area (Å²) < 4.78 is 5.48. The number of hydrogen-bond donors (Lipinski definition) is 2. The molecule has 0 unspecified atom stereocenters. The van der Waals surface area contributed by atoms with E-state index >= 15 is 0 Å². The molecule has 0 aliphatic heterocycles. The minimum Gasteiger partial charge on any atom is -0.494 e. The maximum absolute atomic E-state index is 12.9. The molecule has 0 atom stereocenters. The first-order valence-electron chi connectivity index (χ1n) is 9.69. The van der Waals surface area contributed by atoms with Crippen LogP contribution in [-0.4, -0.2) is 40.2 Å². The summed E-state index contributed by atoms with van der Waals surface area (Å²) in [6.07, 6.45) is 1.56. The number of rotatable bonds is 6. The maximum Gasteiger partial charge on any atom is 0.270 e. The van der Waals surface area contributed by atoms with Crippen LogP contribution in [0.3, 0.4) is 0 Å². The lowest BCUT2D eigenvalue weighted by atomic mass is 9.81. The second kappa shape index (κ2) is 8.35. The van der Waals surface area contributed by atoms with Crippen LogP contribution in [0.4, 0.5) is 0 Å². The number of aliphatic hydroxyl groups excluding tert-OH is 1. The van der Waals surface area contributed by atoms with Gasteiger partial charge < -0.3 is 15.2 Å². The van der Waals surface area contributed by atoms with Crippen molar-refractivity contribution in [3.8, 4) is 17.1 Å². The molecule has 1 aliphatic carbocycles. The molecule has 1 amide bonds. The van der Waals surface area contributed by atoms with E-state index in [1.54, 1.807) is 18.2 Å². The third kappa shape index (κ3) is 4.18. The summed E-state index contributed by atoms with van der Waals surface area (Å²) in [7, 11) is 0. The van der Waals surface area contributed by atoms with Gasteiger partial charge in [-0.05, 0) is 68.1 Å². The van der Waals surface area contributed by atoms with Crippen molar-refractivity contribution in [2.24, 2.45) is 5.92 Å². The molecular weight excluding hydrogens is 390 g/mol. The van der Waals surface area contributed by atoms with E-state index in [1.807, 2.05) is 31.2 Å². The Labute approximate surface area is 173 Å². The number of fused-ring (bicyclic) bond motifs is 1. The molecule has 0 spiro atoms. The zero-order chi connectivity index (χ0) is 20.4. The number of nitrogens with zero attached hydrogens (tertiary/aromatic N) is 2. The minimum absolute atomic E-state index is 0.0610. The van der Waals surface area contributed by atoms with Crippen molar-refractivity contribution in [3.63, 3.8) is 0 Å². The Morgan fingerprint density at radius 1 is 1.21 bits per heavy atom. The van der Waals surface area contributed by atoms with Crippen molar-refractivity contribution in [3.05, 3.63) is 53.2 Å². The monoisotopic (exact) mass is 411 g/mol. The average Bonchev–Trinajstić information content (AvgIpc) is 2.70. The van der Waals surface area contributed by atoms with Gasteiger partial charge in [0, 0.05) is 28.6 Å². The van der Waals surface area contributed by atoms with Gasteiger partial charge in [0.05, 0.1) is 12.1 Å². The standard InChI is InChI=1S/C22H22ClN3O3/c1-2-29-17-6-3-14(4-7-17)21-25-19-11-15(23)5-8-18(19)20(26-21)22(28)24-16-9-13(10-16)12-27/h3-8,11,13,16,27H,2,9-10,12H2,1H3,(H,24,28). The number of hydrogen-bond acceptors (Lipinski definition) is 5. The van der Waals surface area contributed by atoms with Gasteiger partial charge in [0.1, 0.15) is 11.4 Å². The second-order valence-corrected chi connectivity index (χ2v) is 7.64. The normalized spacial score (nSPS) is 18.3. The van der Waals surface area contributed by atoms with Gasteiger partial charge in [0.15, 0.2) is 5.82 Å². The molecule has 2 aromatic carbocycles. The second-order valence-electron chi connectivity index (χ2n) is 7.21. The summed E-state index contributed by atoms with van der Waals surface area (Å²) in [4.78, 5) is 22.1. The number of halogens is 1. The van der Waals surface area contributed by atoms with E-state index in [2.05, 4.69) is 15.3 Å². The lowest BCUT2D eigenvalue weighted by Gasteiger charge is -2.34. The Kier molecular flexibility index (Phi) is 5.65. The molecule has 0 bridgehead atoms. The van der Waals surface area contributed by atoms with Crippen LogP contribution in [0.25, 0.3) is 22.3 Å². The molecular formula is C22H22ClN3O3. The predicted molar refractivity (Wildman–Crippen MR) is 112 cm³/mol. The first-order chi connectivity index (χ1) is 14.1. The molecule has 4 rings (SSSR count). The lowest BCUT2D eigenvalue weighted by Crippen LogP contribution is -2.45. The molecule has 6 nitrogen and oxygen atoms in total. The van der Waals surface area contributed by atoms with Crippen LogP contribution in [0, 0.1) is 5.92 Å². The fourth-order valence-corrected chi connectivity index (χ4v) is 3.69. The molecule has 1 aromatic heterocycles. The summed E-state index contributed by atoms with van der Waals surface area (Å²) >= 11 is 6.15. The van der Waals surface area contributed by atoms with Crippen molar-refractivity contribution in [1.82, 2.24) is 15.3 Å². The van der Waals surface area contributed by atoms with Crippen LogP contribution in [-0.2, 0) is 0 Å². The third-order valence-electron chi connectivity index (χ3n) is 5.13. The fourth-order valence-electron chi connectivity index (χ4n) is 3.53. The van der Waals surface area contributed by atoms with Crippen molar-refractivity contribution in [1.29, 1.82) is 0 Å². The highest BCUT2D eigenvalue weighted by Gasteiger charge is 2.30. The Bertz CT molecular complexity index is 1030. The highest BCUT2D eigenvalue weighted by molar-refractivity contribution is 6.31. The number of nitrogens with one attached hydrogen (secondary N) is 1. The average molecular weight is 412 g/mol. The van der Waals surface area contributed by atoms with Crippen molar-refractivity contribution >= 4 is 28.4 Å². The van der Waals surface area contributed by atoms with E-state index in [1.165, 1.54) is 0 Å². The van der Waals surface area contributed by atoms with Gasteiger partial charge in [-0.2, -0.15) is 0 Å². The van der Waals surface area contributed by atoms with Crippen LogP contribution in [0.2, 0.25) is 5.02 Å². The Morgan fingerprint density at radius 3 is 2.66 bits per heavy atom. The highest BCUT2D eigenvalue weighted by atomic mass is 35.5. The van der Waals surface area contributed by atoms with E-state index < -0.39 is 0 Å². The largest absolute Gasteiger partial charge is 0.494 e. The first kappa shape index (κ1) is 19.6. The molecule has 1 heterocycles. The van der Waals surface area contributed by atoms with Crippen LogP contribution in [0.1, 0.15) is 30.3 Å². The molecule has 1 fully saturated rings. The molecule has 2 N–H and O–H groups in total. The summed E-state index contributed by atoms with van der Waals surface area (Å²) in [6, 6.07) is 12.7. The van der Waals surface area contributed by atoms with Crippen molar-refractivity contribution in [2.45, 2.75) is 25.8 Å². The molecule has 0 saturated heterocycles. The van der Waals surface area contributed by atoms with Crippen LogP contribution in [0.15, 0.2) is 42.5 Å². The molecule has 3 aromatic rings. The molecule has 1 aliphatic rings. The SMILES string of the molecule is CCOc1ccc(-c2nc(C(=O)NC3CC(CO)C3)c3ccc(Cl)cc3n2)cc1.